The predicted molar refractivity (Wildman–Crippen MR) is 64.5 cm³/mol. The van der Waals surface area contributed by atoms with Crippen molar-refractivity contribution in [2.45, 2.75) is 30.8 Å². The molecule has 19 heavy (non-hydrogen) atoms. The van der Waals surface area contributed by atoms with Crippen molar-refractivity contribution < 1.29 is 24.9 Å². The lowest BCUT2D eigenvalue weighted by molar-refractivity contribution is -0.160. The van der Waals surface area contributed by atoms with Crippen molar-refractivity contribution in [3.05, 3.63) is 30.1 Å². The first-order chi connectivity index (χ1) is 8.98. The molecule has 6 nitrogen and oxygen atoms in total. The quantitative estimate of drug-likeness (QED) is 0.652. The molecule has 2 rings (SSSR count). The normalized spacial score (nSPS) is 16.9. The number of hydrogen-bond acceptors (Lipinski definition) is 4. The molecule has 0 bridgehead atoms. The molecule has 0 saturated heterocycles. The largest absolute Gasteiger partial charge is 0.480 e. The second kappa shape index (κ2) is 4.97. The Kier molecular flexibility index (Phi) is 3.53. The first-order valence-electron chi connectivity index (χ1n) is 6.05. The topological polar surface area (TPSA) is 108 Å². The monoisotopic (exact) mass is 265 g/mol. The van der Waals surface area contributed by atoms with Crippen LogP contribution in [0, 0.1) is 5.92 Å². The Bertz CT molecular complexity index is 469. The van der Waals surface area contributed by atoms with Crippen molar-refractivity contribution in [2.75, 3.05) is 0 Å². The number of carboxylic acid groups (broad SMARTS) is 2. The van der Waals surface area contributed by atoms with Crippen LogP contribution in [0.1, 0.15) is 25.0 Å². The minimum Gasteiger partial charge on any atom is -0.480 e. The molecule has 1 aliphatic rings. The molecule has 0 spiro atoms. The number of carboxylic acids is 2. The Morgan fingerprint density at radius 2 is 1.95 bits per heavy atom. The fraction of sp³-hybridized carbons (Fsp3) is 0.462. The number of nitrogens with zero attached hydrogens (tertiary/aromatic N) is 1. The van der Waals surface area contributed by atoms with E-state index in [0.29, 0.717) is 0 Å². The van der Waals surface area contributed by atoms with Gasteiger partial charge < -0.3 is 15.3 Å². The van der Waals surface area contributed by atoms with E-state index in [9.17, 15) is 24.9 Å². The molecule has 0 amide bonds. The van der Waals surface area contributed by atoms with E-state index in [2.05, 4.69) is 4.98 Å². The summed E-state index contributed by atoms with van der Waals surface area (Å²) in [5.41, 5.74) is -2.25. The molecule has 1 fully saturated rings. The Balaban J connectivity index is 2.41. The van der Waals surface area contributed by atoms with Crippen molar-refractivity contribution in [1.82, 2.24) is 4.98 Å². The third-order valence-electron chi connectivity index (χ3n) is 3.51. The van der Waals surface area contributed by atoms with Gasteiger partial charge in [0.1, 0.15) is 0 Å². The molecule has 1 aromatic heterocycles. The van der Waals surface area contributed by atoms with Crippen LogP contribution >= 0.6 is 0 Å². The molecular weight excluding hydrogens is 250 g/mol. The number of hydrogen-bond donors (Lipinski definition) is 3. The number of carbonyl (C=O) groups is 2. The minimum atomic E-state index is -2.19. The van der Waals surface area contributed by atoms with Crippen molar-refractivity contribution >= 4 is 11.9 Å². The van der Waals surface area contributed by atoms with E-state index in [1.165, 1.54) is 18.3 Å². The number of pyridine rings is 1. The maximum atomic E-state index is 11.5. The third-order valence-corrected chi connectivity index (χ3v) is 3.51. The average molecular weight is 265 g/mol. The van der Waals surface area contributed by atoms with Crippen molar-refractivity contribution in [1.29, 1.82) is 0 Å². The van der Waals surface area contributed by atoms with Gasteiger partial charge in [-0.05, 0) is 30.9 Å². The lowest BCUT2D eigenvalue weighted by atomic mass is 9.78. The van der Waals surface area contributed by atoms with Crippen LogP contribution in [-0.4, -0.2) is 38.3 Å². The van der Waals surface area contributed by atoms with Gasteiger partial charge in [0.25, 0.3) is 0 Å². The van der Waals surface area contributed by atoms with E-state index in [1.54, 1.807) is 6.07 Å². The van der Waals surface area contributed by atoms with E-state index in [1.807, 2.05) is 0 Å². The average Bonchev–Trinajstić information content (AvgIpc) is 3.20. The summed E-state index contributed by atoms with van der Waals surface area (Å²) in [7, 11) is 0. The van der Waals surface area contributed by atoms with Crippen LogP contribution in [0.4, 0.5) is 0 Å². The van der Waals surface area contributed by atoms with Crippen LogP contribution in [0.25, 0.3) is 0 Å². The summed E-state index contributed by atoms with van der Waals surface area (Å²) < 4.78 is 0. The zero-order chi connectivity index (χ0) is 14.0. The van der Waals surface area contributed by atoms with Gasteiger partial charge >= 0.3 is 11.9 Å². The fourth-order valence-electron chi connectivity index (χ4n) is 2.17. The smallest absolute Gasteiger partial charge is 0.327 e. The number of rotatable bonds is 6. The highest BCUT2D eigenvalue weighted by molar-refractivity contribution is 6.04. The Labute approximate surface area is 109 Å². The Hall–Kier alpha value is -1.95. The van der Waals surface area contributed by atoms with E-state index in [0.717, 1.165) is 12.8 Å². The molecule has 102 valence electrons. The summed E-state index contributed by atoms with van der Waals surface area (Å²) in [5, 5.41) is 28.7. The molecule has 1 heterocycles. The van der Waals surface area contributed by atoms with E-state index in [4.69, 9.17) is 0 Å². The third kappa shape index (κ3) is 2.44. The highest BCUT2D eigenvalue weighted by Gasteiger charge is 2.52. The van der Waals surface area contributed by atoms with Crippen LogP contribution in [-0.2, 0) is 15.0 Å². The van der Waals surface area contributed by atoms with Gasteiger partial charge in [-0.15, -0.1) is 0 Å². The number of aliphatic hydroxyl groups excluding tert-OH is 1. The molecule has 0 aromatic carbocycles. The zero-order valence-corrected chi connectivity index (χ0v) is 10.2. The van der Waals surface area contributed by atoms with Gasteiger partial charge in [-0.25, -0.2) is 0 Å². The molecule has 1 aliphatic carbocycles. The Morgan fingerprint density at radius 3 is 2.37 bits per heavy atom. The van der Waals surface area contributed by atoms with Gasteiger partial charge in [0.15, 0.2) is 0 Å². The maximum Gasteiger partial charge on any atom is 0.327 e. The van der Waals surface area contributed by atoms with Gasteiger partial charge in [0.05, 0.1) is 11.8 Å². The highest BCUT2D eigenvalue weighted by atomic mass is 16.4. The van der Waals surface area contributed by atoms with Crippen molar-refractivity contribution in [2.24, 2.45) is 5.92 Å². The van der Waals surface area contributed by atoms with Gasteiger partial charge in [0.2, 0.25) is 5.41 Å². The standard InChI is InChI=1S/C13H15NO5/c15-9(8-4-5-8)7-13(11(16)17,12(18)19)10-3-1-2-6-14-10/h1-3,6,8-9,15H,4-5,7H2,(H,16,17)(H,18,19). The van der Waals surface area contributed by atoms with Gasteiger partial charge in [-0.3, -0.25) is 14.6 Å². The van der Waals surface area contributed by atoms with Gasteiger partial charge in [-0.2, -0.15) is 0 Å². The van der Waals surface area contributed by atoms with Crippen LogP contribution in [0.15, 0.2) is 24.4 Å². The van der Waals surface area contributed by atoms with Crippen molar-refractivity contribution in [3.8, 4) is 0 Å². The summed E-state index contributed by atoms with van der Waals surface area (Å²) in [6.07, 6.45) is 1.66. The zero-order valence-electron chi connectivity index (χ0n) is 10.2. The summed E-state index contributed by atoms with van der Waals surface area (Å²) in [4.78, 5) is 26.9. The number of aliphatic hydroxyl groups is 1. The second-order valence-electron chi connectivity index (χ2n) is 4.84. The number of aromatic nitrogens is 1. The SMILES string of the molecule is O=C(O)C(CC(O)C1CC1)(C(=O)O)c1ccccn1. The van der Waals surface area contributed by atoms with E-state index in [-0.39, 0.29) is 18.0 Å². The first kappa shape index (κ1) is 13.5. The molecular formula is C13H15NO5. The van der Waals surface area contributed by atoms with E-state index >= 15 is 0 Å². The van der Waals surface area contributed by atoms with Gasteiger partial charge in [0, 0.05) is 12.6 Å². The molecule has 0 radical (unpaired) electrons. The molecule has 0 aliphatic heterocycles. The molecule has 1 unspecified atom stereocenters. The molecule has 1 aromatic rings. The van der Waals surface area contributed by atoms with Crippen molar-refractivity contribution in [3.63, 3.8) is 0 Å². The summed E-state index contributed by atoms with van der Waals surface area (Å²) in [5.74, 6) is -3.00. The highest BCUT2D eigenvalue weighted by Crippen LogP contribution is 2.39. The molecule has 1 atom stereocenters. The lowest BCUT2D eigenvalue weighted by Crippen LogP contribution is -2.47. The fourth-order valence-corrected chi connectivity index (χ4v) is 2.17. The minimum absolute atomic E-state index is 0.00165. The summed E-state index contributed by atoms with van der Waals surface area (Å²) >= 11 is 0. The second-order valence-corrected chi connectivity index (χ2v) is 4.84. The number of aliphatic carboxylic acids is 2. The van der Waals surface area contributed by atoms with Crippen LogP contribution in [0.3, 0.4) is 0 Å². The molecule has 3 N–H and O–H groups in total. The van der Waals surface area contributed by atoms with Crippen LogP contribution in [0.2, 0.25) is 0 Å². The van der Waals surface area contributed by atoms with E-state index < -0.39 is 23.5 Å². The molecule has 1 saturated carbocycles. The maximum absolute atomic E-state index is 11.5. The summed E-state index contributed by atoms with van der Waals surface area (Å²) in [6, 6.07) is 4.48. The molecule has 6 heteroatoms. The Morgan fingerprint density at radius 1 is 1.32 bits per heavy atom. The lowest BCUT2D eigenvalue weighted by Gasteiger charge is -2.26. The first-order valence-corrected chi connectivity index (χ1v) is 6.05. The van der Waals surface area contributed by atoms with Gasteiger partial charge in [-0.1, -0.05) is 6.07 Å². The van der Waals surface area contributed by atoms with Crippen LogP contribution in [0.5, 0.6) is 0 Å². The predicted octanol–water partition coefficient (Wildman–Crippen LogP) is 0.650. The van der Waals surface area contributed by atoms with Crippen LogP contribution < -0.4 is 0 Å². The summed E-state index contributed by atoms with van der Waals surface area (Å²) in [6.45, 7) is 0.